The Labute approximate surface area is 281 Å². The molecule has 0 aliphatic rings. The quantitative estimate of drug-likeness (QED) is 0.0603. The fraction of sp³-hybridized carbons (Fsp3) is 0.875. The zero-order valence-electron chi connectivity index (χ0n) is 29.4. The van der Waals surface area contributed by atoms with Crippen molar-refractivity contribution < 1.29 is 42.9 Å². The molecule has 13 nitrogen and oxygen atoms in total. The van der Waals surface area contributed by atoms with E-state index in [0.717, 1.165) is 57.6 Å². The van der Waals surface area contributed by atoms with Crippen LogP contribution in [-0.2, 0) is 42.9 Å². The highest BCUT2D eigenvalue weighted by Crippen LogP contribution is 2.03. The van der Waals surface area contributed by atoms with Crippen molar-refractivity contribution in [2.45, 2.75) is 51.4 Å². The molecule has 0 heterocycles. The Bertz CT molecular complexity index is 746. The molecule has 0 amide bonds. The van der Waals surface area contributed by atoms with E-state index in [1.54, 1.807) is 18.9 Å². The van der Waals surface area contributed by atoms with Gasteiger partial charge in [-0.2, -0.15) is 11.8 Å². The van der Waals surface area contributed by atoms with E-state index in [1.807, 2.05) is 34.4 Å². The summed E-state index contributed by atoms with van der Waals surface area (Å²) in [5.41, 5.74) is 0. The molecule has 0 aromatic rings. The second kappa shape index (κ2) is 30.4. The molecule has 0 spiro atoms. The van der Waals surface area contributed by atoms with Crippen LogP contribution in [0.4, 0.5) is 0 Å². The van der Waals surface area contributed by atoms with Crippen LogP contribution in [0.15, 0.2) is 0 Å². The highest BCUT2D eigenvalue weighted by atomic mass is 32.2. The molecule has 0 aliphatic heterocycles. The number of hydrogen-bond acceptors (Lipinski definition) is 14. The first-order valence-corrected chi connectivity index (χ1v) is 17.8. The van der Waals surface area contributed by atoms with Crippen LogP contribution in [0.1, 0.15) is 51.4 Å². The van der Waals surface area contributed by atoms with Crippen molar-refractivity contribution in [1.82, 2.24) is 19.6 Å². The maximum absolute atomic E-state index is 12.1. The minimum atomic E-state index is -0.231. The third-order valence-corrected chi connectivity index (χ3v) is 7.76. The van der Waals surface area contributed by atoms with Crippen molar-refractivity contribution >= 4 is 35.6 Å². The van der Waals surface area contributed by atoms with Gasteiger partial charge in [0.05, 0.1) is 45.5 Å². The molecule has 46 heavy (non-hydrogen) atoms. The number of nitrogens with zero attached hydrogens (tertiary/aromatic N) is 4. The van der Waals surface area contributed by atoms with E-state index >= 15 is 0 Å². The Balaban J connectivity index is 3.68. The number of unbranched alkanes of at least 4 members (excludes halogenated alkanes) is 3. The van der Waals surface area contributed by atoms with Gasteiger partial charge >= 0.3 is 23.9 Å². The van der Waals surface area contributed by atoms with Gasteiger partial charge in [0.2, 0.25) is 0 Å². The molecule has 0 aromatic carbocycles. The Morgan fingerprint density at radius 2 is 0.783 bits per heavy atom. The monoisotopic (exact) mass is 678 g/mol. The first kappa shape index (κ1) is 44.0. The van der Waals surface area contributed by atoms with Crippen LogP contribution < -0.4 is 0 Å². The summed E-state index contributed by atoms with van der Waals surface area (Å²) in [4.78, 5) is 55.8. The van der Waals surface area contributed by atoms with Gasteiger partial charge in [0.25, 0.3) is 0 Å². The third kappa shape index (κ3) is 29.4. The number of likely N-dealkylation sites (N-methyl/N-ethyl adjacent to an activating group) is 4. The zero-order chi connectivity index (χ0) is 34.4. The number of ether oxygens (including phenoxy) is 5. The lowest BCUT2D eigenvalue weighted by Crippen LogP contribution is -2.33. The lowest BCUT2D eigenvalue weighted by molar-refractivity contribution is -0.145. The topological polar surface area (TPSA) is 127 Å². The van der Waals surface area contributed by atoms with E-state index < -0.39 is 0 Å². The Morgan fingerprint density at radius 1 is 0.457 bits per heavy atom. The molecular weight excluding hydrogens is 616 g/mol. The predicted molar refractivity (Wildman–Crippen MR) is 181 cm³/mol. The van der Waals surface area contributed by atoms with Crippen LogP contribution in [0, 0.1) is 0 Å². The van der Waals surface area contributed by atoms with Gasteiger partial charge in [-0.15, -0.1) is 0 Å². The van der Waals surface area contributed by atoms with Gasteiger partial charge in [-0.3, -0.25) is 19.2 Å². The van der Waals surface area contributed by atoms with Crippen molar-refractivity contribution in [2.75, 3.05) is 133 Å². The van der Waals surface area contributed by atoms with Crippen LogP contribution in [0.3, 0.4) is 0 Å². The van der Waals surface area contributed by atoms with Crippen LogP contribution >= 0.6 is 11.8 Å². The summed E-state index contributed by atoms with van der Waals surface area (Å²) in [6.45, 7) is 7.57. The normalized spacial score (nSPS) is 11.4. The molecule has 0 atom stereocenters. The average molecular weight is 679 g/mol. The van der Waals surface area contributed by atoms with E-state index in [0.29, 0.717) is 78.3 Å². The Kier molecular flexibility index (Phi) is 29.1. The lowest BCUT2D eigenvalue weighted by atomic mass is 10.2. The lowest BCUT2D eigenvalue weighted by Gasteiger charge is -2.21. The summed E-state index contributed by atoms with van der Waals surface area (Å²) in [7, 11) is 9.43. The summed E-state index contributed by atoms with van der Waals surface area (Å²) in [6, 6.07) is 0. The van der Waals surface area contributed by atoms with Crippen molar-refractivity contribution in [3.63, 3.8) is 0 Å². The molecule has 14 heteroatoms. The molecule has 0 saturated heterocycles. The summed E-state index contributed by atoms with van der Waals surface area (Å²) in [6.07, 6.45) is 6.75. The number of thioether (sulfide) groups is 1. The van der Waals surface area contributed by atoms with E-state index in [1.165, 1.54) is 0 Å². The van der Waals surface area contributed by atoms with Gasteiger partial charge in [0, 0.05) is 65.2 Å². The van der Waals surface area contributed by atoms with Crippen molar-refractivity contribution in [3.8, 4) is 0 Å². The summed E-state index contributed by atoms with van der Waals surface area (Å²) < 4.78 is 25.8. The van der Waals surface area contributed by atoms with Gasteiger partial charge in [0.1, 0.15) is 13.2 Å². The van der Waals surface area contributed by atoms with E-state index in [-0.39, 0.29) is 30.5 Å². The molecule has 0 bridgehead atoms. The number of rotatable bonds is 31. The van der Waals surface area contributed by atoms with Gasteiger partial charge in [0.15, 0.2) is 0 Å². The second-order valence-electron chi connectivity index (χ2n) is 11.5. The molecule has 0 N–H and O–H groups in total. The van der Waals surface area contributed by atoms with Gasteiger partial charge in [-0.1, -0.05) is 0 Å². The van der Waals surface area contributed by atoms with Crippen LogP contribution in [0.25, 0.3) is 0 Å². The summed E-state index contributed by atoms with van der Waals surface area (Å²) in [5.74, 6) is 0.0179. The van der Waals surface area contributed by atoms with Crippen molar-refractivity contribution in [1.29, 1.82) is 0 Å². The molecule has 0 radical (unpaired) electrons. The van der Waals surface area contributed by atoms with Crippen LogP contribution in [-0.4, -0.2) is 176 Å². The Hall–Kier alpha value is -1.97. The van der Waals surface area contributed by atoms with E-state index in [9.17, 15) is 19.2 Å². The molecule has 0 aromatic heterocycles. The van der Waals surface area contributed by atoms with Crippen LogP contribution in [0.2, 0.25) is 0 Å². The minimum absolute atomic E-state index is 0.166. The highest BCUT2D eigenvalue weighted by Gasteiger charge is 2.11. The third-order valence-electron chi connectivity index (χ3n) is 7.18. The largest absolute Gasteiger partial charge is 0.466 e. The standard InChI is InChI=1S/C32H62N4O9S/c1-33(19-21-35(3)17-13-31(39)44-26-25-41-5)15-11-29(37)42-23-9-7-8-10-24-43-30(38)12-16-34(2)20-22-36(4)18-14-32(40)45-27-28-46-6/h7-28H2,1-6H3. The fourth-order valence-electron chi connectivity index (χ4n) is 3.95. The number of methoxy groups -OCH3 is 1. The number of carbonyl (C=O) groups excluding carboxylic acids is 4. The number of carbonyl (C=O) groups is 4. The number of hydrogen-bond donors (Lipinski definition) is 0. The molecule has 270 valence electrons. The molecule has 0 unspecified atom stereocenters. The molecule has 0 rings (SSSR count). The van der Waals surface area contributed by atoms with Gasteiger partial charge in [-0.25, -0.2) is 0 Å². The average Bonchev–Trinajstić information content (AvgIpc) is 3.03. The van der Waals surface area contributed by atoms with Gasteiger partial charge in [-0.05, 0) is 60.1 Å². The molecular formula is C32H62N4O9S. The summed E-state index contributed by atoms with van der Waals surface area (Å²) in [5, 5.41) is 0. The smallest absolute Gasteiger partial charge is 0.307 e. The predicted octanol–water partition coefficient (Wildman–Crippen LogP) is 2.02. The fourth-order valence-corrected chi connectivity index (χ4v) is 4.20. The van der Waals surface area contributed by atoms with E-state index in [2.05, 4.69) is 19.6 Å². The van der Waals surface area contributed by atoms with Crippen molar-refractivity contribution in [2.24, 2.45) is 0 Å². The summed E-state index contributed by atoms with van der Waals surface area (Å²) >= 11 is 1.65. The SMILES string of the molecule is COCCOC(=O)CCN(C)CCN(C)CCC(=O)OCCCCCCOC(=O)CCN(C)CCN(C)CCC(=O)OCCSC. The first-order valence-electron chi connectivity index (χ1n) is 16.4. The number of esters is 4. The van der Waals surface area contributed by atoms with Crippen molar-refractivity contribution in [3.05, 3.63) is 0 Å². The Morgan fingerprint density at radius 3 is 1.11 bits per heavy atom. The molecule has 0 fully saturated rings. The highest BCUT2D eigenvalue weighted by molar-refractivity contribution is 7.98. The minimum Gasteiger partial charge on any atom is -0.466 e. The molecule has 0 saturated carbocycles. The maximum atomic E-state index is 12.1. The first-order chi connectivity index (χ1) is 22.1. The zero-order valence-corrected chi connectivity index (χ0v) is 30.2. The van der Waals surface area contributed by atoms with Gasteiger partial charge < -0.3 is 43.3 Å². The van der Waals surface area contributed by atoms with Crippen LogP contribution in [0.5, 0.6) is 0 Å². The van der Waals surface area contributed by atoms with E-state index in [4.69, 9.17) is 23.7 Å². The maximum Gasteiger partial charge on any atom is 0.307 e. The molecule has 0 aliphatic carbocycles. The second-order valence-corrected chi connectivity index (χ2v) is 12.5.